The number of rotatable bonds is 5. The minimum atomic E-state index is 0.320. The fourth-order valence-corrected chi connectivity index (χ4v) is 3.00. The fourth-order valence-electron chi connectivity index (χ4n) is 2.67. The predicted octanol–water partition coefficient (Wildman–Crippen LogP) is 4.03. The molecule has 0 radical (unpaired) electrons. The minimum Gasteiger partial charge on any atom is -0.752 e. The van der Waals surface area contributed by atoms with E-state index in [1.165, 1.54) is 5.56 Å². The largest absolute Gasteiger partial charge is 0.752 e. The summed E-state index contributed by atoms with van der Waals surface area (Å²) in [5.41, 5.74) is 2.12. The molecule has 4 heteroatoms. The lowest BCUT2D eigenvalue weighted by atomic mass is 10.2. The Balaban J connectivity index is 2.01. The molecule has 122 valence electrons. The highest BCUT2D eigenvalue weighted by Crippen LogP contribution is 2.14. The van der Waals surface area contributed by atoms with Gasteiger partial charge in [0, 0.05) is 5.04 Å². The molecule has 0 atom stereocenters. The van der Waals surface area contributed by atoms with Crippen molar-refractivity contribution >= 4 is 23.4 Å². The van der Waals surface area contributed by atoms with E-state index < -0.39 is 0 Å². The van der Waals surface area contributed by atoms with Gasteiger partial charge in [0.15, 0.2) is 0 Å². The van der Waals surface area contributed by atoms with Crippen LogP contribution in [0.25, 0.3) is 0 Å². The summed E-state index contributed by atoms with van der Waals surface area (Å²) in [5, 5.41) is 0.607. The summed E-state index contributed by atoms with van der Waals surface area (Å²) in [5.74, 6) is 0.965. The molecule has 0 spiro atoms. The van der Waals surface area contributed by atoms with E-state index in [9.17, 15) is 0 Å². The van der Waals surface area contributed by atoms with Crippen LogP contribution in [0, 0.1) is 0 Å². The zero-order valence-corrected chi connectivity index (χ0v) is 14.8. The molecule has 0 amide bonds. The van der Waals surface area contributed by atoms with Gasteiger partial charge in [0.25, 0.3) is 5.82 Å². The average molecular weight is 335 g/mol. The molecule has 0 aliphatic heterocycles. The maximum Gasteiger partial charge on any atom is 0.280 e. The maximum atomic E-state index is 5.66. The van der Waals surface area contributed by atoms with Crippen LogP contribution >= 0.6 is 0 Å². The van der Waals surface area contributed by atoms with E-state index in [1.54, 1.807) is 0 Å². The molecule has 3 nitrogen and oxygen atoms in total. The van der Waals surface area contributed by atoms with Crippen LogP contribution in [0.3, 0.4) is 0 Å². The standard InChI is InChI=1S/C20H21N3S/c1-16(2)23-14-13-22(15-17-9-5-3-6-10-17)20(23)19(24)21-18-11-7-4-8-12-18/h3-14,16H,15H2,1-2H3. The van der Waals surface area contributed by atoms with Gasteiger partial charge in [0.05, 0.1) is 11.7 Å². The molecule has 3 aromatic rings. The second-order valence-corrected chi connectivity index (χ2v) is 6.38. The van der Waals surface area contributed by atoms with Crippen molar-refractivity contribution in [2.24, 2.45) is 4.99 Å². The Morgan fingerprint density at radius 3 is 2.29 bits per heavy atom. The van der Waals surface area contributed by atoms with Crippen molar-refractivity contribution in [3.63, 3.8) is 0 Å². The van der Waals surface area contributed by atoms with E-state index in [-0.39, 0.29) is 0 Å². The first-order valence-corrected chi connectivity index (χ1v) is 8.51. The lowest BCUT2D eigenvalue weighted by Gasteiger charge is -2.13. The molecule has 24 heavy (non-hydrogen) atoms. The van der Waals surface area contributed by atoms with Gasteiger partial charge in [0.1, 0.15) is 18.9 Å². The number of imidazole rings is 1. The summed E-state index contributed by atoms with van der Waals surface area (Å²) >= 11 is 5.66. The van der Waals surface area contributed by atoms with E-state index in [1.807, 2.05) is 36.4 Å². The van der Waals surface area contributed by atoms with Gasteiger partial charge in [-0.05, 0) is 31.5 Å². The van der Waals surface area contributed by atoms with Gasteiger partial charge >= 0.3 is 0 Å². The van der Waals surface area contributed by atoms with Crippen molar-refractivity contribution < 1.29 is 4.57 Å². The number of nitrogens with zero attached hydrogens (tertiary/aromatic N) is 3. The van der Waals surface area contributed by atoms with Crippen LogP contribution in [-0.4, -0.2) is 9.61 Å². The van der Waals surface area contributed by atoms with E-state index in [0.29, 0.717) is 11.1 Å². The molecule has 0 saturated carbocycles. The van der Waals surface area contributed by atoms with Gasteiger partial charge < -0.3 is 12.6 Å². The van der Waals surface area contributed by atoms with E-state index >= 15 is 0 Å². The Bertz CT molecular complexity index is 821. The first-order chi connectivity index (χ1) is 11.6. The number of hydrogen-bond acceptors (Lipinski definition) is 2. The van der Waals surface area contributed by atoms with Gasteiger partial charge in [-0.15, -0.1) is 0 Å². The highest BCUT2D eigenvalue weighted by Gasteiger charge is 2.19. The summed E-state index contributed by atoms with van der Waals surface area (Å²) in [4.78, 5) is 4.64. The molecule has 0 unspecified atom stereocenters. The van der Waals surface area contributed by atoms with Crippen molar-refractivity contribution in [3.8, 4) is 0 Å². The Morgan fingerprint density at radius 2 is 1.67 bits per heavy atom. The molecular weight excluding hydrogens is 314 g/mol. The van der Waals surface area contributed by atoms with Gasteiger partial charge in [0.2, 0.25) is 0 Å². The summed E-state index contributed by atoms with van der Waals surface area (Å²) in [6, 6.07) is 20.6. The third kappa shape index (κ3) is 3.71. The number of hydrogen-bond donors (Lipinski definition) is 0. The number of para-hydroxylation sites is 1. The molecule has 1 aromatic heterocycles. The van der Waals surface area contributed by atoms with E-state index in [4.69, 9.17) is 12.6 Å². The fraction of sp³-hybridized carbons (Fsp3) is 0.200. The second kappa shape index (κ2) is 7.41. The molecule has 0 bridgehead atoms. The average Bonchev–Trinajstić information content (AvgIpc) is 3.00. The lowest BCUT2D eigenvalue weighted by Crippen LogP contribution is -2.40. The van der Waals surface area contributed by atoms with Crippen molar-refractivity contribution in [1.82, 2.24) is 4.57 Å². The first kappa shape index (κ1) is 16.4. The third-order valence-electron chi connectivity index (χ3n) is 3.85. The normalized spacial score (nSPS) is 11.9. The topological polar surface area (TPSA) is 21.2 Å². The minimum absolute atomic E-state index is 0.320. The summed E-state index contributed by atoms with van der Waals surface area (Å²) in [6.07, 6.45) is 4.16. The summed E-state index contributed by atoms with van der Waals surface area (Å²) < 4.78 is 4.35. The first-order valence-electron chi connectivity index (χ1n) is 8.10. The molecule has 0 aliphatic carbocycles. The molecule has 1 heterocycles. The SMILES string of the molecule is CC(C)n1cc[n+](Cc2ccccc2)c1C([S-])=Nc1ccccc1. The smallest absolute Gasteiger partial charge is 0.280 e. The quantitative estimate of drug-likeness (QED) is 0.298. The van der Waals surface area contributed by atoms with E-state index in [2.05, 4.69) is 64.6 Å². The van der Waals surface area contributed by atoms with Gasteiger partial charge in [-0.25, -0.2) is 9.13 Å². The van der Waals surface area contributed by atoms with Crippen LogP contribution in [0.5, 0.6) is 0 Å². The zero-order chi connectivity index (χ0) is 16.9. The number of aliphatic imine (C=N–C) groups is 1. The van der Waals surface area contributed by atoms with Crippen molar-refractivity contribution in [2.75, 3.05) is 0 Å². The summed E-state index contributed by atoms with van der Waals surface area (Å²) in [6.45, 7) is 5.09. The molecule has 0 aliphatic rings. The van der Waals surface area contributed by atoms with Crippen LogP contribution in [0.2, 0.25) is 0 Å². The Hall–Kier alpha value is -2.46. The lowest BCUT2D eigenvalue weighted by molar-refractivity contribution is -0.688. The highest BCUT2D eigenvalue weighted by atomic mass is 32.1. The molecule has 2 aromatic carbocycles. The third-order valence-corrected chi connectivity index (χ3v) is 4.13. The molecule has 0 N–H and O–H groups in total. The molecular formula is C20H21N3S. The monoisotopic (exact) mass is 335 g/mol. The Labute approximate surface area is 148 Å². The number of aromatic nitrogens is 2. The zero-order valence-electron chi connectivity index (χ0n) is 14.0. The van der Waals surface area contributed by atoms with Gasteiger partial charge in [-0.1, -0.05) is 48.5 Å². The van der Waals surface area contributed by atoms with Crippen LogP contribution in [0.1, 0.15) is 31.3 Å². The van der Waals surface area contributed by atoms with Crippen LogP contribution in [0.15, 0.2) is 78.0 Å². The Morgan fingerprint density at radius 1 is 1.04 bits per heavy atom. The van der Waals surface area contributed by atoms with Gasteiger partial charge in [-0.2, -0.15) is 0 Å². The number of benzene rings is 2. The van der Waals surface area contributed by atoms with Crippen LogP contribution in [-0.2, 0) is 19.2 Å². The highest BCUT2D eigenvalue weighted by molar-refractivity contribution is 7.78. The molecule has 0 saturated heterocycles. The van der Waals surface area contributed by atoms with E-state index in [0.717, 1.165) is 18.1 Å². The predicted molar refractivity (Wildman–Crippen MR) is 101 cm³/mol. The second-order valence-electron chi connectivity index (χ2n) is 5.99. The Kier molecular flexibility index (Phi) is 5.06. The van der Waals surface area contributed by atoms with Crippen molar-refractivity contribution in [3.05, 3.63) is 84.4 Å². The van der Waals surface area contributed by atoms with Crippen molar-refractivity contribution in [1.29, 1.82) is 0 Å². The van der Waals surface area contributed by atoms with Gasteiger partial charge in [-0.3, -0.25) is 4.99 Å². The summed E-state index contributed by atoms with van der Waals surface area (Å²) in [7, 11) is 0. The molecule has 3 rings (SSSR count). The molecule has 0 fully saturated rings. The van der Waals surface area contributed by atoms with Crippen molar-refractivity contribution in [2.45, 2.75) is 26.4 Å². The van der Waals surface area contributed by atoms with Crippen LogP contribution in [0.4, 0.5) is 5.69 Å². The van der Waals surface area contributed by atoms with Crippen LogP contribution < -0.4 is 4.57 Å². The maximum absolute atomic E-state index is 5.66.